The second-order valence-corrected chi connectivity index (χ2v) is 9.64. The van der Waals surface area contributed by atoms with E-state index in [2.05, 4.69) is 42.7 Å². The molecular weight excluding hydrogens is 510 g/mol. The molecule has 2 heterocycles. The maximum absolute atomic E-state index is 12.8. The highest BCUT2D eigenvalue weighted by Crippen LogP contribution is 2.34. The lowest BCUT2D eigenvalue weighted by Crippen LogP contribution is -2.35. The zero-order valence-corrected chi connectivity index (χ0v) is 18.4. The quantitative estimate of drug-likeness (QED) is 0.259. The molecule has 0 bridgehead atoms. The van der Waals surface area contributed by atoms with E-state index in [1.807, 2.05) is 26.8 Å². The molecule has 0 N–H and O–H groups in total. The van der Waals surface area contributed by atoms with Gasteiger partial charge >= 0.3 is 21.6 Å². The van der Waals surface area contributed by atoms with Gasteiger partial charge in [-0.2, -0.15) is 26.6 Å². The molecule has 1 aliphatic rings. The van der Waals surface area contributed by atoms with Crippen molar-refractivity contribution in [2.45, 2.75) is 45.4 Å². The van der Waals surface area contributed by atoms with Crippen molar-refractivity contribution in [3.8, 4) is 6.01 Å². The first kappa shape index (κ1) is 21.4. The highest BCUT2D eigenvalue weighted by Gasteiger charge is 2.49. The van der Waals surface area contributed by atoms with Crippen molar-refractivity contribution < 1.29 is 25.8 Å². The summed E-state index contributed by atoms with van der Waals surface area (Å²) in [7, 11) is -5.80. The molecule has 6 nitrogen and oxygen atoms in total. The van der Waals surface area contributed by atoms with Crippen LogP contribution in [0, 0.1) is 3.57 Å². The fourth-order valence-corrected chi connectivity index (χ4v) is 4.09. The zero-order chi connectivity index (χ0) is 20.9. The van der Waals surface area contributed by atoms with E-state index in [1.54, 1.807) is 6.07 Å². The molecule has 2 aromatic rings. The number of allylic oxidation sites excluding steroid dienone is 1. The predicted molar refractivity (Wildman–Crippen MR) is 107 cm³/mol. The summed E-state index contributed by atoms with van der Waals surface area (Å²) in [6.07, 6.45) is 2.08. The molecule has 154 valence electrons. The Morgan fingerprint density at radius 1 is 1.39 bits per heavy atom. The molecule has 1 aliphatic heterocycles. The number of halogens is 4. The average Bonchev–Trinajstić information content (AvgIpc) is 2.80. The minimum Gasteiger partial charge on any atom is -0.338 e. The lowest BCUT2D eigenvalue weighted by atomic mass is 10.1. The first-order valence-electron chi connectivity index (χ1n) is 8.46. The Morgan fingerprint density at radius 3 is 2.68 bits per heavy atom. The lowest BCUT2D eigenvalue weighted by molar-refractivity contribution is -0.0503. The van der Waals surface area contributed by atoms with Crippen LogP contribution < -0.4 is 4.18 Å². The summed E-state index contributed by atoms with van der Waals surface area (Å²) in [5, 5.41) is 0. The summed E-state index contributed by atoms with van der Waals surface area (Å²) >= 11 is 2.16. The molecule has 1 aromatic carbocycles. The average molecular weight is 529 g/mol. The SMILES string of the molecule is CC(C)=CCN1Cc2c(I)ccc3nc(OS(=O)(=O)C(F)(F)F)n(c23)C[C@@H]1C. The van der Waals surface area contributed by atoms with Gasteiger partial charge in [0.05, 0.1) is 11.0 Å². The van der Waals surface area contributed by atoms with Crippen LogP contribution in [0.2, 0.25) is 0 Å². The number of hydrogen-bond acceptors (Lipinski definition) is 5. The highest BCUT2D eigenvalue weighted by atomic mass is 127. The van der Waals surface area contributed by atoms with Crippen LogP contribution in [-0.2, 0) is 23.2 Å². The number of imidazole rings is 1. The van der Waals surface area contributed by atoms with Gasteiger partial charge in [0.15, 0.2) is 0 Å². The van der Waals surface area contributed by atoms with Crippen molar-refractivity contribution in [1.82, 2.24) is 14.5 Å². The summed E-state index contributed by atoms with van der Waals surface area (Å²) in [6, 6.07) is 2.83. The van der Waals surface area contributed by atoms with Crippen LogP contribution in [0.25, 0.3) is 11.0 Å². The summed E-state index contributed by atoms with van der Waals surface area (Å²) in [6.45, 7) is 7.42. The van der Waals surface area contributed by atoms with Crippen LogP contribution in [0.3, 0.4) is 0 Å². The fourth-order valence-electron chi connectivity index (χ4n) is 3.06. The first-order chi connectivity index (χ1) is 12.9. The summed E-state index contributed by atoms with van der Waals surface area (Å²) in [4.78, 5) is 6.21. The first-order valence-corrected chi connectivity index (χ1v) is 10.9. The Labute approximate surface area is 174 Å². The van der Waals surface area contributed by atoms with Crippen LogP contribution >= 0.6 is 22.6 Å². The number of alkyl halides is 3. The normalized spacial score (nSPS) is 18.2. The minimum atomic E-state index is -5.80. The standard InChI is InChI=1S/C17H19F3IN3O3S/c1-10(2)6-7-23-9-12-13(21)4-5-14-15(12)24(8-11(23)3)16(22-14)27-28(25,26)17(18,19)20/h4-6,11H,7-9H2,1-3H3/t11-/m0/s1. The maximum Gasteiger partial charge on any atom is 0.534 e. The number of aromatic nitrogens is 2. The molecule has 0 unspecified atom stereocenters. The summed E-state index contributed by atoms with van der Waals surface area (Å²) in [5.41, 5.74) is -2.47. The summed E-state index contributed by atoms with van der Waals surface area (Å²) < 4.78 is 68.2. The van der Waals surface area contributed by atoms with Crippen LogP contribution in [0.4, 0.5) is 13.2 Å². The third-order valence-electron chi connectivity index (χ3n) is 4.55. The van der Waals surface area contributed by atoms with Crippen LogP contribution in [0.5, 0.6) is 6.01 Å². The molecule has 1 aromatic heterocycles. The number of benzene rings is 1. The van der Waals surface area contributed by atoms with Gasteiger partial charge < -0.3 is 4.18 Å². The van der Waals surface area contributed by atoms with E-state index >= 15 is 0 Å². The van der Waals surface area contributed by atoms with Crippen LogP contribution in [0.15, 0.2) is 23.8 Å². The molecule has 0 amide bonds. The Hall–Kier alpha value is -1.34. The highest BCUT2D eigenvalue weighted by molar-refractivity contribution is 14.1. The zero-order valence-electron chi connectivity index (χ0n) is 15.4. The largest absolute Gasteiger partial charge is 0.534 e. The van der Waals surface area contributed by atoms with Gasteiger partial charge in [-0.15, -0.1) is 0 Å². The third-order valence-corrected chi connectivity index (χ3v) is 6.50. The molecule has 1 atom stereocenters. The smallest absolute Gasteiger partial charge is 0.338 e. The van der Waals surface area contributed by atoms with Gasteiger partial charge in [-0.1, -0.05) is 11.6 Å². The van der Waals surface area contributed by atoms with Gasteiger partial charge in [0.2, 0.25) is 0 Å². The van der Waals surface area contributed by atoms with Gasteiger partial charge in [0, 0.05) is 34.8 Å². The van der Waals surface area contributed by atoms with E-state index in [-0.39, 0.29) is 12.6 Å². The van der Waals surface area contributed by atoms with Gasteiger partial charge in [0.1, 0.15) is 0 Å². The van der Waals surface area contributed by atoms with Crippen molar-refractivity contribution in [1.29, 1.82) is 0 Å². The van der Waals surface area contributed by atoms with Crippen molar-refractivity contribution >= 4 is 43.7 Å². The second-order valence-electron chi connectivity index (χ2n) is 6.94. The molecule has 0 radical (unpaired) electrons. The van der Waals surface area contributed by atoms with Crippen molar-refractivity contribution in [3.63, 3.8) is 0 Å². The van der Waals surface area contributed by atoms with Gasteiger partial charge in [-0.25, -0.2) is 0 Å². The molecule has 11 heteroatoms. The van der Waals surface area contributed by atoms with Gasteiger partial charge in [0.25, 0.3) is 0 Å². The Bertz CT molecular complexity index is 1040. The van der Waals surface area contributed by atoms with Crippen LogP contribution in [0.1, 0.15) is 26.3 Å². The fraction of sp³-hybridized carbons (Fsp3) is 0.471. The van der Waals surface area contributed by atoms with Crippen LogP contribution in [-0.4, -0.2) is 41.0 Å². The molecular formula is C17H19F3IN3O3S. The molecule has 0 saturated carbocycles. The van der Waals surface area contributed by atoms with Crippen molar-refractivity contribution in [2.75, 3.05) is 6.54 Å². The topological polar surface area (TPSA) is 64.4 Å². The Kier molecular flexibility index (Phi) is 5.71. The van der Waals surface area contributed by atoms with E-state index in [9.17, 15) is 21.6 Å². The third kappa shape index (κ3) is 4.01. The maximum atomic E-state index is 12.8. The number of nitrogens with zero attached hydrogens (tertiary/aromatic N) is 3. The van der Waals surface area contributed by atoms with Gasteiger partial charge in [-0.3, -0.25) is 9.47 Å². The van der Waals surface area contributed by atoms with E-state index in [0.29, 0.717) is 24.1 Å². The van der Waals surface area contributed by atoms with Crippen molar-refractivity contribution in [3.05, 3.63) is 32.9 Å². The Balaban J connectivity index is 2.11. The predicted octanol–water partition coefficient (Wildman–Crippen LogP) is 4.04. The Morgan fingerprint density at radius 2 is 2.07 bits per heavy atom. The lowest BCUT2D eigenvalue weighted by Gasteiger charge is -2.26. The van der Waals surface area contributed by atoms with E-state index in [4.69, 9.17) is 0 Å². The molecule has 28 heavy (non-hydrogen) atoms. The molecule has 0 aliphatic carbocycles. The number of hydrogen-bond donors (Lipinski definition) is 0. The number of rotatable bonds is 4. The van der Waals surface area contributed by atoms with E-state index in [1.165, 1.54) is 4.57 Å². The monoisotopic (exact) mass is 529 g/mol. The molecule has 3 rings (SSSR count). The minimum absolute atomic E-state index is 0.0767. The molecule has 0 fully saturated rings. The van der Waals surface area contributed by atoms with Crippen molar-refractivity contribution in [2.24, 2.45) is 0 Å². The summed E-state index contributed by atoms with van der Waals surface area (Å²) in [5.74, 6) is 0. The molecule has 0 spiro atoms. The van der Waals surface area contributed by atoms with E-state index < -0.39 is 21.6 Å². The second kappa shape index (κ2) is 7.48. The molecule has 0 saturated heterocycles. The van der Waals surface area contributed by atoms with Gasteiger partial charge in [-0.05, 0) is 55.5 Å². The van der Waals surface area contributed by atoms with E-state index in [0.717, 1.165) is 14.7 Å².